The lowest BCUT2D eigenvalue weighted by molar-refractivity contribution is 0.0750. The van der Waals surface area contributed by atoms with Crippen molar-refractivity contribution in [2.75, 3.05) is 26.4 Å². The summed E-state index contributed by atoms with van der Waals surface area (Å²) >= 11 is 0. The fourth-order valence-corrected chi connectivity index (χ4v) is 17.7. The van der Waals surface area contributed by atoms with Gasteiger partial charge >= 0.3 is 0 Å². The van der Waals surface area contributed by atoms with Crippen LogP contribution in [0.2, 0.25) is 0 Å². The van der Waals surface area contributed by atoms with E-state index in [-0.39, 0.29) is 81.2 Å². The fraction of sp³-hybridized carbons (Fsp3) is 0.250. The number of sulfone groups is 6. The van der Waals surface area contributed by atoms with Gasteiger partial charge in [0, 0.05) is 0 Å². The zero-order valence-electron chi connectivity index (χ0n) is 48.8. The van der Waals surface area contributed by atoms with Gasteiger partial charge < -0.3 is 24.4 Å². The molecule has 2 N–H and O–H groups in total. The predicted octanol–water partition coefficient (Wildman–Crippen LogP) is 12.1. The number of phenolic OH excluding ortho intramolecular Hbond substituents is 2. The second-order valence-electron chi connectivity index (χ2n) is 21.7. The number of hydrogen-bond acceptors (Lipinski definition) is 17. The minimum atomic E-state index is -4.70. The van der Waals surface area contributed by atoms with Gasteiger partial charge in [0.05, 0.1) is 52.4 Å². The highest BCUT2D eigenvalue weighted by atomic mass is 32.2. The van der Waals surface area contributed by atoms with Crippen LogP contribution in [0.1, 0.15) is 101 Å². The van der Waals surface area contributed by atoms with E-state index in [4.69, 9.17) is 14.2 Å². The van der Waals surface area contributed by atoms with Crippen molar-refractivity contribution in [3.8, 4) is 23.0 Å². The molecule has 460 valence electrons. The number of phenols is 2. The van der Waals surface area contributed by atoms with Crippen molar-refractivity contribution in [3.63, 3.8) is 0 Å². The van der Waals surface area contributed by atoms with Crippen LogP contribution < -0.4 is 9.47 Å². The maximum atomic E-state index is 14.5. The molecular weight excluding hydrogens is 1230 g/mol. The Morgan fingerprint density at radius 1 is 0.276 bits per heavy atom. The maximum Gasteiger partial charge on any atom is 0.210 e. The van der Waals surface area contributed by atoms with E-state index in [9.17, 15) is 60.7 Å². The van der Waals surface area contributed by atoms with Gasteiger partial charge in [0.25, 0.3) is 0 Å². The summed E-state index contributed by atoms with van der Waals surface area (Å²) in [5.74, 6) is -1.68. The Morgan fingerprint density at radius 3 is 0.747 bits per heavy atom. The standard InChI is InChI=1S/C64H66O17S6/c1-41(2)45-9-17-49(18-10-45)84(71,72)61-37-53(25-29-57(61)65)82(67,68)55-27-31-59(63(39-55)86(75,76)51-21-13-47(14-22-51)43(5)6)80-35-33-79-34-36-81-60-32-28-56(40-64(60)87(77,78)52-23-15-48(16-24-52)44(7)8)83(69,70)54-26-30-58(66)62(38-54)85(73,74)50-19-11-46(12-20-50)42(3)4/h9-32,37-44,65-66H,33-36H2,1-8H3. The fourth-order valence-electron chi connectivity index (χ4n) is 9.15. The molecule has 0 saturated heterocycles. The van der Waals surface area contributed by atoms with Gasteiger partial charge in [0.2, 0.25) is 59.0 Å². The number of aromatic hydroxyl groups is 2. The van der Waals surface area contributed by atoms with Crippen molar-refractivity contribution in [3.05, 3.63) is 192 Å². The van der Waals surface area contributed by atoms with E-state index in [2.05, 4.69) is 0 Å². The van der Waals surface area contributed by atoms with E-state index >= 15 is 0 Å². The van der Waals surface area contributed by atoms with Crippen LogP contribution in [0.25, 0.3) is 0 Å². The van der Waals surface area contributed by atoms with Crippen molar-refractivity contribution < 1.29 is 74.9 Å². The molecule has 8 rings (SSSR count). The third-order valence-corrected chi connectivity index (χ3v) is 25.2. The summed E-state index contributed by atoms with van der Waals surface area (Å²) in [5.41, 5.74) is 3.36. The SMILES string of the molecule is CC(C)c1ccc(S(=O)(=O)c2cc(S(=O)(=O)c3ccc(OCCOCCOc4ccc(S(=O)(=O)c5ccc(O)c(S(=O)(=O)c6ccc(C(C)C)cc6)c5)cc4S(=O)(=O)c4ccc(C(C)C)cc4)c(S(=O)(=O)c4ccc(C(C)C)cc4)c3)ccc2O)cc1. The van der Waals surface area contributed by atoms with Crippen molar-refractivity contribution in [1.82, 2.24) is 0 Å². The van der Waals surface area contributed by atoms with Crippen LogP contribution in [0.15, 0.2) is 229 Å². The molecule has 23 heteroatoms. The van der Waals surface area contributed by atoms with Crippen molar-refractivity contribution in [2.24, 2.45) is 0 Å². The van der Waals surface area contributed by atoms with E-state index in [1.807, 2.05) is 55.4 Å². The van der Waals surface area contributed by atoms with E-state index in [0.717, 1.165) is 95.1 Å². The van der Waals surface area contributed by atoms with Crippen LogP contribution in [0, 0.1) is 0 Å². The first-order chi connectivity index (χ1) is 40.8. The molecule has 0 radical (unpaired) electrons. The summed E-state index contributed by atoms with van der Waals surface area (Å²) in [7, 11) is -27.4. The first-order valence-corrected chi connectivity index (χ1v) is 36.4. The number of hydrogen-bond donors (Lipinski definition) is 2. The third kappa shape index (κ3) is 13.8. The van der Waals surface area contributed by atoms with E-state index < -0.39 is 110 Å². The first-order valence-electron chi connectivity index (χ1n) is 27.5. The normalized spacial score (nSPS) is 12.7. The van der Waals surface area contributed by atoms with Crippen molar-refractivity contribution in [2.45, 2.75) is 138 Å². The van der Waals surface area contributed by atoms with Gasteiger partial charge in [0.1, 0.15) is 55.8 Å². The van der Waals surface area contributed by atoms with Crippen molar-refractivity contribution >= 4 is 59.0 Å². The maximum absolute atomic E-state index is 14.5. The summed E-state index contributed by atoms with van der Waals surface area (Å²) in [5, 5.41) is 21.5. The Hall–Kier alpha value is -7.38. The summed E-state index contributed by atoms with van der Waals surface area (Å²) in [6.07, 6.45) is 0. The lowest BCUT2D eigenvalue weighted by atomic mass is 10.0. The van der Waals surface area contributed by atoms with E-state index in [0.29, 0.717) is 0 Å². The average molecular weight is 1300 g/mol. The van der Waals surface area contributed by atoms with Gasteiger partial charge in [-0.25, -0.2) is 50.5 Å². The summed E-state index contributed by atoms with van der Waals surface area (Å²) < 4.78 is 188. The van der Waals surface area contributed by atoms with Crippen LogP contribution in [0.5, 0.6) is 23.0 Å². The second kappa shape index (κ2) is 25.8. The molecule has 0 aromatic heterocycles. The third-order valence-electron chi connectivity index (χ3n) is 14.5. The molecule has 0 aliphatic rings. The van der Waals surface area contributed by atoms with Crippen LogP contribution in [0.3, 0.4) is 0 Å². The van der Waals surface area contributed by atoms with Crippen LogP contribution in [-0.2, 0) is 63.8 Å². The molecule has 8 aromatic rings. The minimum Gasteiger partial charge on any atom is -0.507 e. The lowest BCUT2D eigenvalue weighted by Gasteiger charge is -2.16. The average Bonchev–Trinajstić information content (AvgIpc) is 1.06. The molecule has 87 heavy (non-hydrogen) atoms. The molecule has 0 aliphatic carbocycles. The quantitative estimate of drug-likeness (QED) is 0.0532. The molecule has 0 aliphatic heterocycles. The monoisotopic (exact) mass is 1300 g/mol. The molecule has 0 bridgehead atoms. The predicted molar refractivity (Wildman–Crippen MR) is 326 cm³/mol. The minimum absolute atomic E-state index is 0.0487. The van der Waals surface area contributed by atoms with Gasteiger partial charge in [-0.15, -0.1) is 0 Å². The van der Waals surface area contributed by atoms with Gasteiger partial charge in [-0.1, -0.05) is 104 Å². The number of ether oxygens (including phenoxy) is 3. The molecular formula is C64H66O17S6. The Bertz CT molecular complexity index is 4270. The second-order valence-corrected chi connectivity index (χ2v) is 33.3. The molecule has 8 aromatic carbocycles. The van der Waals surface area contributed by atoms with Crippen molar-refractivity contribution in [1.29, 1.82) is 0 Å². The van der Waals surface area contributed by atoms with Crippen LogP contribution in [-0.4, -0.2) is 87.1 Å². The Morgan fingerprint density at radius 2 is 0.494 bits per heavy atom. The highest BCUT2D eigenvalue weighted by molar-refractivity contribution is 7.93. The highest BCUT2D eigenvalue weighted by Crippen LogP contribution is 2.40. The molecule has 0 amide bonds. The largest absolute Gasteiger partial charge is 0.507 e. The molecule has 0 fully saturated rings. The molecule has 0 unspecified atom stereocenters. The lowest BCUT2D eigenvalue weighted by Crippen LogP contribution is -2.15. The summed E-state index contributed by atoms with van der Waals surface area (Å²) in [6, 6.07) is 35.6. The molecule has 0 spiro atoms. The van der Waals surface area contributed by atoms with Crippen LogP contribution >= 0.6 is 0 Å². The zero-order valence-corrected chi connectivity index (χ0v) is 53.7. The van der Waals surface area contributed by atoms with Gasteiger partial charge in [-0.05, 0) is 167 Å². The van der Waals surface area contributed by atoms with E-state index in [1.54, 1.807) is 48.5 Å². The molecule has 0 saturated carbocycles. The smallest absolute Gasteiger partial charge is 0.210 e. The zero-order chi connectivity index (χ0) is 63.6. The first kappa shape index (κ1) is 65.6. The summed E-state index contributed by atoms with van der Waals surface area (Å²) in [6.45, 7) is 14.3. The Balaban J connectivity index is 1.03. The molecule has 0 heterocycles. The van der Waals surface area contributed by atoms with Gasteiger partial charge in [0.15, 0.2) is 0 Å². The highest BCUT2D eigenvalue weighted by Gasteiger charge is 2.32. The van der Waals surface area contributed by atoms with Gasteiger partial charge in [-0.2, -0.15) is 0 Å². The van der Waals surface area contributed by atoms with E-state index in [1.165, 1.54) is 48.5 Å². The molecule has 17 nitrogen and oxygen atoms in total. The Kier molecular flexibility index (Phi) is 19.4. The number of rotatable bonds is 24. The topological polar surface area (TPSA) is 273 Å². The summed E-state index contributed by atoms with van der Waals surface area (Å²) in [4.78, 5) is -5.44. The molecule has 0 atom stereocenters. The van der Waals surface area contributed by atoms with Gasteiger partial charge in [-0.3, -0.25) is 0 Å². The van der Waals surface area contributed by atoms with Crippen LogP contribution in [0.4, 0.5) is 0 Å². The number of benzene rings is 8. The Labute approximate surface area is 509 Å².